The number of piperazine rings is 1. The van der Waals surface area contributed by atoms with Crippen LogP contribution in [0.3, 0.4) is 0 Å². The predicted molar refractivity (Wildman–Crippen MR) is 79.4 cm³/mol. The molecule has 0 radical (unpaired) electrons. The lowest BCUT2D eigenvalue weighted by molar-refractivity contribution is 0.105. The third-order valence-electron chi connectivity index (χ3n) is 3.80. The summed E-state index contributed by atoms with van der Waals surface area (Å²) >= 11 is 0. The highest BCUT2D eigenvalue weighted by molar-refractivity contribution is 5.28. The number of nitrogens with zero attached hydrogens (tertiary/aromatic N) is 1. The lowest BCUT2D eigenvalue weighted by Gasteiger charge is -2.29. The topological polar surface area (TPSA) is 35.5 Å². The Balaban J connectivity index is 1.97. The van der Waals surface area contributed by atoms with Gasteiger partial charge in [-0.3, -0.25) is 4.90 Å². The van der Waals surface area contributed by atoms with Crippen LogP contribution in [0.25, 0.3) is 0 Å². The molecule has 3 heteroatoms. The van der Waals surface area contributed by atoms with Gasteiger partial charge in [-0.15, -0.1) is 0 Å². The Morgan fingerprint density at radius 1 is 1.16 bits per heavy atom. The fourth-order valence-corrected chi connectivity index (χ4v) is 2.45. The fourth-order valence-electron chi connectivity index (χ4n) is 2.45. The van der Waals surface area contributed by atoms with Gasteiger partial charge in [-0.1, -0.05) is 45.0 Å². The molecule has 3 nitrogen and oxygen atoms in total. The van der Waals surface area contributed by atoms with Crippen molar-refractivity contribution in [2.45, 2.75) is 32.3 Å². The number of nitrogens with one attached hydrogen (secondary N) is 1. The highest BCUT2D eigenvalue weighted by Crippen LogP contribution is 2.24. The van der Waals surface area contributed by atoms with E-state index in [1.165, 1.54) is 5.56 Å². The number of rotatable bonds is 3. The minimum Gasteiger partial charge on any atom is -0.387 e. The van der Waals surface area contributed by atoms with E-state index in [0.717, 1.165) is 38.3 Å². The van der Waals surface area contributed by atoms with Gasteiger partial charge in [0.15, 0.2) is 0 Å². The van der Waals surface area contributed by atoms with Crippen LogP contribution in [0.1, 0.15) is 38.0 Å². The molecule has 0 spiro atoms. The van der Waals surface area contributed by atoms with E-state index >= 15 is 0 Å². The van der Waals surface area contributed by atoms with Crippen LogP contribution in [0.2, 0.25) is 0 Å². The van der Waals surface area contributed by atoms with Crippen LogP contribution in [-0.2, 0) is 5.41 Å². The maximum atomic E-state index is 10.3. The van der Waals surface area contributed by atoms with Crippen molar-refractivity contribution in [3.63, 3.8) is 0 Å². The number of benzene rings is 1. The summed E-state index contributed by atoms with van der Waals surface area (Å²) in [6.45, 7) is 11.5. The molecule has 19 heavy (non-hydrogen) atoms. The summed E-state index contributed by atoms with van der Waals surface area (Å²) in [6, 6.07) is 8.40. The molecule has 1 saturated heterocycles. The molecule has 1 unspecified atom stereocenters. The van der Waals surface area contributed by atoms with Gasteiger partial charge in [-0.25, -0.2) is 0 Å². The van der Waals surface area contributed by atoms with Crippen molar-refractivity contribution in [3.05, 3.63) is 35.4 Å². The first-order valence-electron chi connectivity index (χ1n) is 7.18. The molecule has 1 fully saturated rings. The first-order valence-corrected chi connectivity index (χ1v) is 7.18. The van der Waals surface area contributed by atoms with Crippen molar-refractivity contribution >= 4 is 0 Å². The predicted octanol–water partition coefficient (Wildman–Crippen LogP) is 1.92. The monoisotopic (exact) mass is 262 g/mol. The van der Waals surface area contributed by atoms with Crippen molar-refractivity contribution in [2.75, 3.05) is 32.7 Å². The molecule has 0 aliphatic carbocycles. The largest absolute Gasteiger partial charge is 0.387 e. The average Bonchev–Trinajstić information content (AvgIpc) is 2.39. The lowest BCUT2D eigenvalue weighted by atomic mass is 9.86. The number of β-amino-alcohol motifs (C(OH)–C–C–N with tert-alkyl or cyclic N) is 1. The summed E-state index contributed by atoms with van der Waals surface area (Å²) in [4.78, 5) is 2.32. The van der Waals surface area contributed by atoms with Gasteiger partial charge in [0.2, 0.25) is 0 Å². The number of hydrogen-bond acceptors (Lipinski definition) is 3. The van der Waals surface area contributed by atoms with Crippen molar-refractivity contribution in [1.29, 1.82) is 0 Å². The standard InChI is InChI=1S/C16H26N2O/c1-16(2,3)14-6-4-13(5-7-14)15(19)12-18-10-8-17-9-11-18/h4-7,15,17,19H,8-12H2,1-3H3. The highest BCUT2D eigenvalue weighted by atomic mass is 16.3. The Bertz CT molecular complexity index is 388. The number of aliphatic hydroxyl groups excluding tert-OH is 1. The van der Waals surface area contributed by atoms with Gasteiger partial charge >= 0.3 is 0 Å². The van der Waals surface area contributed by atoms with E-state index in [1.807, 2.05) is 0 Å². The van der Waals surface area contributed by atoms with E-state index in [-0.39, 0.29) is 11.5 Å². The van der Waals surface area contributed by atoms with Crippen molar-refractivity contribution in [1.82, 2.24) is 10.2 Å². The zero-order valence-corrected chi connectivity index (χ0v) is 12.3. The molecule has 1 aromatic carbocycles. The normalized spacial score (nSPS) is 19.4. The van der Waals surface area contributed by atoms with Crippen LogP contribution < -0.4 is 5.32 Å². The third kappa shape index (κ3) is 4.03. The first-order chi connectivity index (χ1) is 8.97. The summed E-state index contributed by atoms with van der Waals surface area (Å²) in [7, 11) is 0. The minimum absolute atomic E-state index is 0.169. The quantitative estimate of drug-likeness (QED) is 0.873. The van der Waals surface area contributed by atoms with Crippen LogP contribution >= 0.6 is 0 Å². The molecule has 0 saturated carbocycles. The number of hydrogen-bond donors (Lipinski definition) is 2. The average molecular weight is 262 g/mol. The Hall–Kier alpha value is -0.900. The van der Waals surface area contributed by atoms with Crippen LogP contribution in [-0.4, -0.2) is 42.7 Å². The maximum absolute atomic E-state index is 10.3. The van der Waals surface area contributed by atoms with Crippen molar-refractivity contribution in [3.8, 4) is 0 Å². The second-order valence-corrected chi connectivity index (χ2v) is 6.44. The molecule has 1 aliphatic heterocycles. The Kier molecular flexibility index (Phi) is 4.61. The van der Waals surface area contributed by atoms with Gasteiger partial charge in [-0.2, -0.15) is 0 Å². The summed E-state index contributed by atoms with van der Waals surface area (Å²) in [5, 5.41) is 13.6. The molecule has 2 N–H and O–H groups in total. The first kappa shape index (κ1) is 14.5. The molecule has 0 aromatic heterocycles. The van der Waals surface area contributed by atoms with Gasteiger partial charge in [0.05, 0.1) is 6.10 Å². The molecule has 0 amide bonds. The van der Waals surface area contributed by atoms with Gasteiger partial charge in [-0.05, 0) is 16.5 Å². The van der Waals surface area contributed by atoms with Gasteiger partial charge in [0.25, 0.3) is 0 Å². The summed E-state index contributed by atoms with van der Waals surface area (Å²) in [5.74, 6) is 0. The molecule has 0 bridgehead atoms. The van der Waals surface area contributed by atoms with Crippen LogP contribution in [0.5, 0.6) is 0 Å². The number of aliphatic hydroxyl groups is 1. The fraction of sp³-hybridized carbons (Fsp3) is 0.625. The molecule has 106 valence electrons. The third-order valence-corrected chi connectivity index (χ3v) is 3.80. The van der Waals surface area contributed by atoms with Gasteiger partial charge in [0, 0.05) is 32.7 Å². The van der Waals surface area contributed by atoms with E-state index in [4.69, 9.17) is 0 Å². The summed E-state index contributed by atoms with van der Waals surface area (Å²) < 4.78 is 0. The second kappa shape index (κ2) is 6.04. The Labute approximate surface area is 116 Å². The van der Waals surface area contributed by atoms with Crippen molar-refractivity contribution in [2.24, 2.45) is 0 Å². The molecule has 1 atom stereocenters. The summed E-state index contributed by atoms with van der Waals surface area (Å²) in [5.41, 5.74) is 2.50. The summed E-state index contributed by atoms with van der Waals surface area (Å²) in [6.07, 6.45) is -0.382. The Morgan fingerprint density at radius 3 is 2.26 bits per heavy atom. The van der Waals surface area contributed by atoms with E-state index in [0.29, 0.717) is 0 Å². The van der Waals surface area contributed by atoms with Gasteiger partial charge in [0.1, 0.15) is 0 Å². The Morgan fingerprint density at radius 2 is 1.74 bits per heavy atom. The van der Waals surface area contributed by atoms with E-state index in [2.05, 4.69) is 55.3 Å². The molecule has 2 rings (SSSR count). The lowest BCUT2D eigenvalue weighted by Crippen LogP contribution is -2.44. The zero-order chi connectivity index (χ0) is 13.9. The smallest absolute Gasteiger partial charge is 0.0916 e. The molecule has 1 heterocycles. The second-order valence-electron chi connectivity index (χ2n) is 6.44. The maximum Gasteiger partial charge on any atom is 0.0916 e. The molecular weight excluding hydrogens is 236 g/mol. The van der Waals surface area contributed by atoms with Crippen LogP contribution in [0, 0.1) is 0 Å². The van der Waals surface area contributed by atoms with Crippen molar-refractivity contribution < 1.29 is 5.11 Å². The highest BCUT2D eigenvalue weighted by Gasteiger charge is 2.17. The molecule has 1 aromatic rings. The molecule has 1 aliphatic rings. The molecular formula is C16H26N2O. The van der Waals surface area contributed by atoms with Crippen LogP contribution in [0.4, 0.5) is 0 Å². The van der Waals surface area contributed by atoms with Gasteiger partial charge < -0.3 is 10.4 Å². The van der Waals surface area contributed by atoms with E-state index in [9.17, 15) is 5.11 Å². The SMILES string of the molecule is CC(C)(C)c1ccc(C(O)CN2CCNCC2)cc1. The minimum atomic E-state index is -0.382. The van der Waals surface area contributed by atoms with E-state index in [1.54, 1.807) is 0 Å². The van der Waals surface area contributed by atoms with E-state index < -0.39 is 0 Å². The zero-order valence-electron chi connectivity index (χ0n) is 12.3. The van der Waals surface area contributed by atoms with Crippen LogP contribution in [0.15, 0.2) is 24.3 Å².